The van der Waals surface area contributed by atoms with Gasteiger partial charge in [0.1, 0.15) is 8.77 Å². The highest BCUT2D eigenvalue weighted by Crippen LogP contribution is 2.02. The van der Waals surface area contributed by atoms with Gasteiger partial charge in [0.15, 0.2) is 0 Å². The van der Waals surface area contributed by atoms with Gasteiger partial charge in [0.05, 0.1) is 19.2 Å². The summed E-state index contributed by atoms with van der Waals surface area (Å²) in [4.78, 5) is 6.55. The molecule has 1 unspecified atom stereocenters. The molecule has 1 aromatic rings. The van der Waals surface area contributed by atoms with E-state index in [4.69, 9.17) is 0 Å². The zero-order valence-electron chi connectivity index (χ0n) is 5.94. The van der Waals surface area contributed by atoms with Crippen LogP contribution < -0.4 is 0 Å². The lowest BCUT2D eigenvalue weighted by atomic mass is 10.6. The topological polar surface area (TPSA) is 55.0 Å². The number of hydrogen-bond donors (Lipinski definition) is 1. The molecule has 0 aliphatic heterocycles. The van der Waals surface area contributed by atoms with E-state index in [9.17, 15) is 4.21 Å². The average molecular weight is 192 g/mol. The van der Waals surface area contributed by atoms with Crippen molar-refractivity contribution in [1.29, 1.82) is 0 Å². The molecule has 62 valence electrons. The summed E-state index contributed by atoms with van der Waals surface area (Å²) < 4.78 is 15.8. The quantitative estimate of drug-likeness (QED) is 0.744. The molecule has 0 saturated carbocycles. The first-order chi connectivity index (χ1) is 5.14. The molecule has 1 N–H and O–H groups in total. The standard InChI is InChI=1S/C5H8N2O2S2/c1-9-11(8,10)3-5-2-6-4-7-5/h2,4H,3H2,1H3,(H,6,7). The number of H-pyrrole nitrogens is 1. The minimum absolute atomic E-state index is 0.207. The van der Waals surface area contributed by atoms with Crippen LogP contribution in [0.5, 0.6) is 0 Å². The first kappa shape index (κ1) is 8.63. The van der Waals surface area contributed by atoms with Gasteiger partial charge in [-0.05, 0) is 0 Å². The highest BCUT2D eigenvalue weighted by molar-refractivity contribution is 8.29. The largest absolute Gasteiger partial charge is 0.348 e. The van der Waals surface area contributed by atoms with E-state index in [0.29, 0.717) is 0 Å². The van der Waals surface area contributed by atoms with Gasteiger partial charge in [0.25, 0.3) is 0 Å². The van der Waals surface area contributed by atoms with Crippen molar-refractivity contribution in [3.63, 3.8) is 0 Å². The van der Waals surface area contributed by atoms with Crippen molar-refractivity contribution in [3.05, 3.63) is 18.2 Å². The van der Waals surface area contributed by atoms with Crippen molar-refractivity contribution >= 4 is 20.0 Å². The lowest BCUT2D eigenvalue weighted by Crippen LogP contribution is -2.04. The molecule has 0 radical (unpaired) electrons. The molecule has 0 bridgehead atoms. The predicted molar refractivity (Wildman–Crippen MR) is 44.8 cm³/mol. The number of aromatic nitrogens is 2. The fraction of sp³-hybridized carbons (Fsp3) is 0.400. The molecule has 1 heterocycles. The van der Waals surface area contributed by atoms with E-state index < -0.39 is 8.77 Å². The molecule has 0 fully saturated rings. The Kier molecular flexibility index (Phi) is 2.58. The van der Waals surface area contributed by atoms with Crippen LogP contribution in [-0.4, -0.2) is 21.3 Å². The van der Waals surface area contributed by atoms with Crippen molar-refractivity contribution in [3.8, 4) is 0 Å². The normalized spacial score (nSPS) is 16.1. The van der Waals surface area contributed by atoms with Gasteiger partial charge < -0.3 is 4.98 Å². The van der Waals surface area contributed by atoms with Crippen molar-refractivity contribution < 1.29 is 8.39 Å². The Morgan fingerprint density at radius 1 is 1.91 bits per heavy atom. The van der Waals surface area contributed by atoms with Crippen LogP contribution in [0.3, 0.4) is 0 Å². The Balaban J connectivity index is 2.72. The van der Waals surface area contributed by atoms with Crippen LogP contribution in [-0.2, 0) is 29.9 Å². The molecule has 1 rings (SSSR count). The smallest absolute Gasteiger partial charge is 0.149 e. The van der Waals surface area contributed by atoms with Crippen molar-refractivity contribution in [1.82, 2.24) is 9.97 Å². The molecule has 6 heteroatoms. The van der Waals surface area contributed by atoms with E-state index >= 15 is 0 Å². The van der Waals surface area contributed by atoms with E-state index in [-0.39, 0.29) is 5.75 Å². The maximum Gasteiger partial charge on any atom is 0.149 e. The summed E-state index contributed by atoms with van der Waals surface area (Å²) in [5, 5.41) is 0. The van der Waals surface area contributed by atoms with Crippen LogP contribution in [0, 0.1) is 0 Å². The van der Waals surface area contributed by atoms with Crippen molar-refractivity contribution in [2.24, 2.45) is 0 Å². The molecular formula is C5H8N2O2S2. The number of hydrogen-bond acceptors (Lipinski definition) is 4. The van der Waals surface area contributed by atoms with Crippen LogP contribution in [0.25, 0.3) is 0 Å². The number of nitrogens with zero attached hydrogens (tertiary/aromatic N) is 1. The van der Waals surface area contributed by atoms with Gasteiger partial charge in [-0.3, -0.25) is 4.18 Å². The first-order valence-electron chi connectivity index (χ1n) is 2.89. The monoisotopic (exact) mass is 192 g/mol. The van der Waals surface area contributed by atoms with E-state index in [2.05, 4.69) is 25.3 Å². The Hall–Kier alpha value is -0.460. The lowest BCUT2D eigenvalue weighted by Gasteiger charge is -2.00. The molecule has 11 heavy (non-hydrogen) atoms. The van der Waals surface area contributed by atoms with Gasteiger partial charge in [-0.1, -0.05) is 0 Å². The second-order valence-corrected chi connectivity index (χ2v) is 5.21. The van der Waals surface area contributed by atoms with Gasteiger partial charge in [0, 0.05) is 23.1 Å². The molecule has 0 spiro atoms. The summed E-state index contributed by atoms with van der Waals surface area (Å²) in [5.41, 5.74) is 0.729. The zero-order valence-corrected chi connectivity index (χ0v) is 7.58. The third-order valence-electron chi connectivity index (χ3n) is 1.14. The minimum Gasteiger partial charge on any atom is -0.348 e. The molecule has 0 aromatic carbocycles. The van der Waals surface area contributed by atoms with Gasteiger partial charge in [-0.25, -0.2) is 9.19 Å². The SMILES string of the molecule is COS(=O)(=S)Cc1cnc[nH]1. The van der Waals surface area contributed by atoms with Gasteiger partial charge >= 0.3 is 0 Å². The molecule has 1 atom stereocenters. The zero-order chi connectivity index (χ0) is 8.32. The molecule has 0 aliphatic rings. The molecular weight excluding hydrogens is 184 g/mol. The second kappa shape index (κ2) is 3.29. The van der Waals surface area contributed by atoms with E-state index in [0.717, 1.165) is 5.69 Å². The average Bonchev–Trinajstić information content (AvgIpc) is 2.39. The van der Waals surface area contributed by atoms with Gasteiger partial charge in [-0.15, -0.1) is 0 Å². The fourth-order valence-electron chi connectivity index (χ4n) is 0.613. The maximum absolute atomic E-state index is 11.2. The number of rotatable bonds is 3. The van der Waals surface area contributed by atoms with E-state index in [1.165, 1.54) is 13.4 Å². The highest BCUT2D eigenvalue weighted by Gasteiger charge is 2.05. The molecule has 4 nitrogen and oxygen atoms in total. The Labute approximate surface area is 69.9 Å². The summed E-state index contributed by atoms with van der Waals surface area (Å²) >= 11 is 4.65. The summed E-state index contributed by atoms with van der Waals surface area (Å²) in [5.74, 6) is 0.207. The maximum atomic E-state index is 11.2. The predicted octanol–water partition coefficient (Wildman–Crippen LogP) is 0.217. The molecule has 0 saturated heterocycles. The molecule has 0 amide bonds. The minimum atomic E-state index is -2.58. The summed E-state index contributed by atoms with van der Waals surface area (Å²) in [6.45, 7) is 0. The molecule has 0 aliphatic carbocycles. The van der Waals surface area contributed by atoms with Crippen molar-refractivity contribution in [2.45, 2.75) is 5.75 Å². The molecule has 1 aromatic heterocycles. The van der Waals surface area contributed by atoms with Gasteiger partial charge in [-0.2, -0.15) is 0 Å². The van der Waals surface area contributed by atoms with Gasteiger partial charge in [0.2, 0.25) is 0 Å². The Morgan fingerprint density at radius 2 is 2.64 bits per heavy atom. The van der Waals surface area contributed by atoms with Crippen LogP contribution in [0.2, 0.25) is 0 Å². The summed E-state index contributed by atoms with van der Waals surface area (Å²) in [6, 6.07) is 0. The highest BCUT2D eigenvalue weighted by atomic mass is 32.8. The third-order valence-corrected chi connectivity index (χ3v) is 3.08. The van der Waals surface area contributed by atoms with Crippen LogP contribution >= 0.6 is 0 Å². The van der Waals surface area contributed by atoms with Crippen LogP contribution in [0.15, 0.2) is 12.5 Å². The Morgan fingerprint density at radius 3 is 3.09 bits per heavy atom. The first-order valence-corrected chi connectivity index (χ1v) is 5.47. The fourth-order valence-corrected chi connectivity index (χ4v) is 1.65. The van der Waals surface area contributed by atoms with E-state index in [1.54, 1.807) is 6.20 Å². The van der Waals surface area contributed by atoms with Crippen molar-refractivity contribution in [2.75, 3.05) is 7.11 Å². The lowest BCUT2D eigenvalue weighted by molar-refractivity contribution is 0.442. The summed E-state index contributed by atoms with van der Waals surface area (Å²) in [7, 11) is -1.24. The van der Waals surface area contributed by atoms with Crippen LogP contribution in [0.1, 0.15) is 5.69 Å². The summed E-state index contributed by atoms with van der Waals surface area (Å²) in [6.07, 6.45) is 3.08. The second-order valence-electron chi connectivity index (χ2n) is 1.95. The number of nitrogens with one attached hydrogen (secondary N) is 1. The number of imidazole rings is 1. The van der Waals surface area contributed by atoms with Crippen LogP contribution in [0.4, 0.5) is 0 Å². The Bertz CT molecular complexity index is 303. The number of aromatic amines is 1. The third kappa shape index (κ3) is 2.57. The van der Waals surface area contributed by atoms with E-state index in [1.807, 2.05) is 0 Å².